The van der Waals surface area contributed by atoms with Gasteiger partial charge in [0.05, 0.1) is 11.3 Å². The highest BCUT2D eigenvalue weighted by atomic mass is 19.1. The van der Waals surface area contributed by atoms with Crippen LogP contribution in [0.5, 0.6) is 0 Å². The van der Waals surface area contributed by atoms with Crippen LogP contribution in [0.15, 0.2) is 78.7 Å². The molecular weight excluding hydrogens is 453 g/mol. The summed E-state index contributed by atoms with van der Waals surface area (Å²) < 4.78 is 19.9. The first kappa shape index (κ1) is 23.9. The monoisotopic (exact) mass is 483 g/mol. The minimum Gasteiger partial charge on any atom is -0.482 e. The molecule has 0 saturated heterocycles. The molecule has 3 heterocycles. The number of nitrogens with one attached hydrogen (secondary N) is 1. The smallest absolute Gasteiger partial charge is 0.260 e. The maximum Gasteiger partial charge on any atom is 0.260 e. The number of pyridine rings is 1. The average Bonchev–Trinajstić information content (AvgIpc) is 3.36. The van der Waals surface area contributed by atoms with Crippen molar-refractivity contribution in [2.24, 2.45) is 0 Å². The van der Waals surface area contributed by atoms with Gasteiger partial charge in [-0.3, -0.25) is 14.7 Å². The first-order valence-corrected chi connectivity index (χ1v) is 12.3. The second-order valence-corrected chi connectivity index (χ2v) is 9.69. The first-order valence-electron chi connectivity index (χ1n) is 12.3. The second-order valence-electron chi connectivity index (χ2n) is 9.69. The molecule has 5 nitrogen and oxygen atoms in total. The Labute approximate surface area is 211 Å². The number of carbonyl (C=O) groups is 1. The molecule has 5 rings (SSSR count). The fourth-order valence-electron chi connectivity index (χ4n) is 4.82. The van der Waals surface area contributed by atoms with Crippen LogP contribution in [0, 0.1) is 5.82 Å². The molecule has 0 fully saturated rings. The molecule has 2 aliphatic rings. The Bertz CT molecular complexity index is 1340. The molecule has 6 heteroatoms. The molecule has 0 spiro atoms. The van der Waals surface area contributed by atoms with Crippen molar-refractivity contribution in [1.82, 2.24) is 9.88 Å². The number of hydrogen-bond acceptors (Lipinski definition) is 4. The largest absolute Gasteiger partial charge is 0.482 e. The standard InChI is InChI=1S/C30H30FN3O2/c1-4-34(16-14-23-7-5-6-15-32-23)19-20-8-10-21(11-9-20)25-18-27(36-30(25,2)3)28-24-13-12-22(31)17-26(24)33-29(28)35/h5-13,15,17-18H,4,14,16,19H2,1-3H3,(H,33,35)/b28-27+. The van der Waals surface area contributed by atoms with E-state index < -0.39 is 5.60 Å². The number of amides is 1. The SMILES string of the molecule is CCN(CCc1ccccn1)Cc1ccc(C2=C/C(=C3\C(=O)Nc4cc(F)ccc43)OC2(C)C)cc1. The highest BCUT2D eigenvalue weighted by molar-refractivity contribution is 6.32. The number of ether oxygens (including phenoxy) is 1. The van der Waals surface area contributed by atoms with E-state index in [0.717, 1.165) is 42.9 Å². The topological polar surface area (TPSA) is 54.5 Å². The third-order valence-electron chi connectivity index (χ3n) is 6.79. The van der Waals surface area contributed by atoms with Gasteiger partial charge >= 0.3 is 0 Å². The minimum absolute atomic E-state index is 0.278. The van der Waals surface area contributed by atoms with E-state index in [1.54, 1.807) is 6.07 Å². The average molecular weight is 484 g/mol. The highest BCUT2D eigenvalue weighted by Crippen LogP contribution is 2.44. The fraction of sp³-hybridized carbons (Fsp3) is 0.267. The Kier molecular flexibility index (Phi) is 6.46. The van der Waals surface area contributed by atoms with E-state index in [9.17, 15) is 9.18 Å². The van der Waals surface area contributed by atoms with Gasteiger partial charge < -0.3 is 10.1 Å². The van der Waals surface area contributed by atoms with Gasteiger partial charge in [-0.1, -0.05) is 37.3 Å². The summed E-state index contributed by atoms with van der Waals surface area (Å²) in [4.78, 5) is 19.5. The summed E-state index contributed by atoms with van der Waals surface area (Å²) in [5.41, 5.74) is 5.36. The summed E-state index contributed by atoms with van der Waals surface area (Å²) in [6, 6.07) is 18.9. The van der Waals surface area contributed by atoms with Gasteiger partial charge in [0.25, 0.3) is 5.91 Å². The van der Waals surface area contributed by atoms with Crippen molar-refractivity contribution in [3.05, 3.63) is 107 Å². The van der Waals surface area contributed by atoms with Crippen LogP contribution >= 0.6 is 0 Å². The molecule has 184 valence electrons. The molecule has 1 aromatic heterocycles. The van der Waals surface area contributed by atoms with Gasteiger partial charge in [0.2, 0.25) is 0 Å². The maximum atomic E-state index is 13.6. The minimum atomic E-state index is -0.606. The van der Waals surface area contributed by atoms with E-state index >= 15 is 0 Å². The van der Waals surface area contributed by atoms with E-state index in [0.29, 0.717) is 22.6 Å². The van der Waals surface area contributed by atoms with Gasteiger partial charge in [-0.2, -0.15) is 0 Å². The quantitative estimate of drug-likeness (QED) is 0.429. The van der Waals surface area contributed by atoms with Crippen LogP contribution in [0.2, 0.25) is 0 Å². The summed E-state index contributed by atoms with van der Waals surface area (Å²) in [6.07, 6.45) is 4.70. The van der Waals surface area contributed by atoms with Gasteiger partial charge in [0.1, 0.15) is 17.2 Å². The van der Waals surface area contributed by atoms with Crippen molar-refractivity contribution >= 4 is 22.7 Å². The van der Waals surface area contributed by atoms with Gasteiger partial charge in [-0.05, 0) is 67.9 Å². The number of anilines is 1. The lowest BCUT2D eigenvalue weighted by Gasteiger charge is -2.24. The van der Waals surface area contributed by atoms with Crippen LogP contribution in [0.3, 0.4) is 0 Å². The number of allylic oxidation sites excluding steroid dienone is 1. The molecule has 0 radical (unpaired) electrons. The summed E-state index contributed by atoms with van der Waals surface area (Å²) >= 11 is 0. The van der Waals surface area contributed by atoms with Crippen molar-refractivity contribution in [1.29, 1.82) is 0 Å². The Morgan fingerprint density at radius 1 is 1.08 bits per heavy atom. The number of halogens is 1. The van der Waals surface area contributed by atoms with Crippen molar-refractivity contribution in [2.75, 3.05) is 18.4 Å². The first-order chi connectivity index (χ1) is 17.3. The van der Waals surface area contributed by atoms with E-state index in [1.807, 2.05) is 38.3 Å². The number of hydrogen-bond donors (Lipinski definition) is 1. The van der Waals surface area contributed by atoms with E-state index in [1.165, 1.54) is 17.7 Å². The number of likely N-dealkylation sites (N-methyl/N-ethyl adjacent to an activating group) is 1. The van der Waals surface area contributed by atoms with E-state index in [4.69, 9.17) is 4.74 Å². The Balaban J connectivity index is 1.35. The van der Waals surface area contributed by atoms with Crippen LogP contribution in [0.4, 0.5) is 10.1 Å². The predicted octanol–water partition coefficient (Wildman–Crippen LogP) is 5.84. The highest BCUT2D eigenvalue weighted by Gasteiger charge is 2.38. The number of nitrogens with zero attached hydrogens (tertiary/aromatic N) is 2. The van der Waals surface area contributed by atoms with Crippen LogP contribution in [-0.2, 0) is 22.5 Å². The molecule has 0 saturated carbocycles. The number of rotatable bonds is 7. The van der Waals surface area contributed by atoms with Crippen molar-refractivity contribution < 1.29 is 13.9 Å². The molecule has 1 amide bonds. The predicted molar refractivity (Wildman–Crippen MR) is 140 cm³/mol. The summed E-state index contributed by atoms with van der Waals surface area (Å²) in [7, 11) is 0. The van der Waals surface area contributed by atoms with E-state index in [2.05, 4.69) is 52.5 Å². The van der Waals surface area contributed by atoms with Gasteiger partial charge in [-0.15, -0.1) is 0 Å². The molecule has 0 bridgehead atoms. The molecular formula is C30H30FN3O2. The third kappa shape index (κ3) is 4.82. The zero-order valence-corrected chi connectivity index (χ0v) is 20.8. The Morgan fingerprint density at radius 3 is 2.61 bits per heavy atom. The second kappa shape index (κ2) is 9.70. The molecule has 0 aliphatic carbocycles. The molecule has 36 heavy (non-hydrogen) atoms. The zero-order valence-electron chi connectivity index (χ0n) is 20.8. The molecule has 1 N–H and O–H groups in total. The van der Waals surface area contributed by atoms with Crippen molar-refractivity contribution in [3.63, 3.8) is 0 Å². The molecule has 2 aliphatic heterocycles. The van der Waals surface area contributed by atoms with E-state index in [-0.39, 0.29) is 11.7 Å². The number of benzene rings is 2. The van der Waals surface area contributed by atoms with Crippen LogP contribution in [0.25, 0.3) is 11.1 Å². The number of carbonyl (C=O) groups excluding carboxylic acids is 1. The third-order valence-corrected chi connectivity index (χ3v) is 6.79. The molecule has 0 atom stereocenters. The summed E-state index contributed by atoms with van der Waals surface area (Å²) in [5.74, 6) is -0.157. The van der Waals surface area contributed by atoms with Crippen molar-refractivity contribution in [2.45, 2.75) is 39.3 Å². The lowest BCUT2D eigenvalue weighted by molar-refractivity contribution is -0.111. The van der Waals surface area contributed by atoms with Crippen LogP contribution < -0.4 is 5.32 Å². The normalized spacial score (nSPS) is 18.1. The fourth-order valence-corrected chi connectivity index (χ4v) is 4.82. The van der Waals surface area contributed by atoms with Crippen molar-refractivity contribution in [3.8, 4) is 0 Å². The summed E-state index contributed by atoms with van der Waals surface area (Å²) in [5, 5.41) is 2.74. The summed E-state index contributed by atoms with van der Waals surface area (Å²) in [6.45, 7) is 8.95. The van der Waals surface area contributed by atoms with Crippen LogP contribution in [0.1, 0.15) is 43.2 Å². The Hall–Kier alpha value is -3.77. The number of fused-ring (bicyclic) bond motifs is 1. The lowest BCUT2D eigenvalue weighted by atomic mass is 9.91. The number of aromatic nitrogens is 1. The van der Waals surface area contributed by atoms with Crippen LogP contribution in [-0.4, -0.2) is 34.5 Å². The lowest BCUT2D eigenvalue weighted by Crippen LogP contribution is -2.25. The zero-order chi connectivity index (χ0) is 25.3. The van der Waals surface area contributed by atoms with Gasteiger partial charge in [0, 0.05) is 42.5 Å². The Morgan fingerprint density at radius 2 is 1.89 bits per heavy atom. The van der Waals surface area contributed by atoms with Gasteiger partial charge in [0.15, 0.2) is 0 Å². The molecule has 0 unspecified atom stereocenters. The van der Waals surface area contributed by atoms with Gasteiger partial charge in [-0.25, -0.2) is 4.39 Å². The molecule has 3 aromatic rings. The maximum absolute atomic E-state index is 13.6. The molecule has 2 aromatic carbocycles.